The lowest BCUT2D eigenvalue weighted by Gasteiger charge is -2.34. The first kappa shape index (κ1) is 20.4. The average molecular weight is 393 g/mol. The molecule has 1 saturated heterocycles. The lowest BCUT2D eigenvalue weighted by atomic mass is 10.0. The Morgan fingerprint density at radius 2 is 1.83 bits per heavy atom. The van der Waals surface area contributed by atoms with E-state index in [1.54, 1.807) is 18.5 Å². The fourth-order valence-electron chi connectivity index (χ4n) is 3.39. The molecule has 0 bridgehead atoms. The highest BCUT2D eigenvalue weighted by atomic mass is 16.2. The van der Waals surface area contributed by atoms with Gasteiger partial charge in [0.25, 0.3) is 5.91 Å². The summed E-state index contributed by atoms with van der Waals surface area (Å²) in [5, 5.41) is 8.71. The standard InChI is InChI=1S/C22H27N5O2/c1-2-11-24-22(29)26-18-9-14-27(15-10-18)20-6-4-3-5-19(20)21(28)25-16-17-7-12-23-13-8-17/h2-8,12-13,18H,1,9-11,14-16H2,(H,25,28)(H2,24,26,29). The second-order valence-corrected chi connectivity index (χ2v) is 6.96. The van der Waals surface area contributed by atoms with Gasteiger partial charge in [0.05, 0.1) is 5.56 Å². The summed E-state index contributed by atoms with van der Waals surface area (Å²) in [4.78, 5) is 30.8. The number of para-hydroxylation sites is 1. The van der Waals surface area contributed by atoms with E-state index in [0.717, 1.165) is 37.2 Å². The molecule has 3 rings (SSSR count). The topological polar surface area (TPSA) is 86.4 Å². The largest absolute Gasteiger partial charge is 0.371 e. The third-order valence-corrected chi connectivity index (χ3v) is 4.93. The smallest absolute Gasteiger partial charge is 0.315 e. The van der Waals surface area contributed by atoms with Crippen molar-refractivity contribution in [1.29, 1.82) is 0 Å². The number of amides is 3. The number of hydrogen-bond acceptors (Lipinski definition) is 4. The number of aromatic nitrogens is 1. The van der Waals surface area contributed by atoms with E-state index in [-0.39, 0.29) is 18.0 Å². The molecule has 0 aliphatic carbocycles. The Hall–Kier alpha value is -3.35. The maximum atomic E-state index is 12.8. The molecule has 0 unspecified atom stereocenters. The van der Waals surface area contributed by atoms with Crippen molar-refractivity contribution in [1.82, 2.24) is 20.9 Å². The molecule has 0 saturated carbocycles. The molecule has 29 heavy (non-hydrogen) atoms. The summed E-state index contributed by atoms with van der Waals surface area (Å²) in [7, 11) is 0. The Morgan fingerprint density at radius 3 is 2.55 bits per heavy atom. The Labute approximate surface area is 171 Å². The van der Waals surface area contributed by atoms with E-state index in [4.69, 9.17) is 0 Å². The Kier molecular flexibility index (Phi) is 7.22. The molecule has 1 fully saturated rings. The number of urea groups is 1. The van der Waals surface area contributed by atoms with Crippen LogP contribution in [-0.4, -0.2) is 42.6 Å². The molecule has 0 atom stereocenters. The summed E-state index contributed by atoms with van der Waals surface area (Å²) in [5.41, 5.74) is 2.60. The molecule has 2 aromatic rings. The van der Waals surface area contributed by atoms with Crippen molar-refractivity contribution in [2.45, 2.75) is 25.4 Å². The van der Waals surface area contributed by atoms with Crippen molar-refractivity contribution in [3.8, 4) is 0 Å². The van der Waals surface area contributed by atoms with Gasteiger partial charge >= 0.3 is 6.03 Å². The third kappa shape index (κ3) is 5.81. The number of hydrogen-bond donors (Lipinski definition) is 3. The maximum Gasteiger partial charge on any atom is 0.315 e. The highest BCUT2D eigenvalue weighted by molar-refractivity contribution is 5.99. The zero-order valence-electron chi connectivity index (χ0n) is 16.4. The van der Waals surface area contributed by atoms with E-state index < -0.39 is 0 Å². The van der Waals surface area contributed by atoms with E-state index in [9.17, 15) is 9.59 Å². The summed E-state index contributed by atoms with van der Waals surface area (Å²) in [6, 6.07) is 11.4. The van der Waals surface area contributed by atoms with Crippen LogP contribution >= 0.6 is 0 Å². The van der Waals surface area contributed by atoms with Crippen LogP contribution in [0.3, 0.4) is 0 Å². The Morgan fingerprint density at radius 1 is 1.10 bits per heavy atom. The maximum absolute atomic E-state index is 12.8. The van der Waals surface area contributed by atoms with Crippen LogP contribution < -0.4 is 20.9 Å². The first-order valence-corrected chi connectivity index (χ1v) is 9.83. The van der Waals surface area contributed by atoms with Gasteiger partial charge < -0.3 is 20.9 Å². The molecule has 0 spiro atoms. The van der Waals surface area contributed by atoms with Crippen LogP contribution in [0.1, 0.15) is 28.8 Å². The fourth-order valence-corrected chi connectivity index (χ4v) is 3.39. The summed E-state index contributed by atoms with van der Waals surface area (Å²) in [6.07, 6.45) is 6.73. The van der Waals surface area contributed by atoms with Crippen molar-refractivity contribution >= 4 is 17.6 Å². The van der Waals surface area contributed by atoms with Gasteiger partial charge in [0, 0.05) is 50.3 Å². The number of pyridine rings is 1. The van der Waals surface area contributed by atoms with Gasteiger partial charge in [-0.3, -0.25) is 9.78 Å². The zero-order valence-corrected chi connectivity index (χ0v) is 16.4. The third-order valence-electron chi connectivity index (χ3n) is 4.93. The van der Waals surface area contributed by atoms with Gasteiger partial charge in [-0.15, -0.1) is 6.58 Å². The Balaban J connectivity index is 1.57. The average Bonchev–Trinajstić information content (AvgIpc) is 2.77. The number of nitrogens with zero attached hydrogens (tertiary/aromatic N) is 2. The van der Waals surface area contributed by atoms with Crippen LogP contribution in [-0.2, 0) is 6.54 Å². The monoisotopic (exact) mass is 393 g/mol. The van der Waals surface area contributed by atoms with Crippen LogP contribution in [0.15, 0.2) is 61.4 Å². The number of nitrogens with one attached hydrogen (secondary N) is 3. The molecule has 3 N–H and O–H groups in total. The molecular weight excluding hydrogens is 366 g/mol. The van der Waals surface area contributed by atoms with Gasteiger partial charge in [-0.1, -0.05) is 18.2 Å². The normalized spacial score (nSPS) is 14.1. The van der Waals surface area contributed by atoms with Crippen molar-refractivity contribution in [2.24, 2.45) is 0 Å². The van der Waals surface area contributed by atoms with E-state index in [1.807, 2.05) is 36.4 Å². The number of anilines is 1. The van der Waals surface area contributed by atoms with Crippen molar-refractivity contribution in [2.75, 3.05) is 24.5 Å². The predicted molar refractivity (Wildman–Crippen MR) is 114 cm³/mol. The molecule has 1 aliphatic heterocycles. The minimum absolute atomic E-state index is 0.0959. The highest BCUT2D eigenvalue weighted by Gasteiger charge is 2.23. The van der Waals surface area contributed by atoms with Crippen LogP contribution in [0.5, 0.6) is 0 Å². The molecular formula is C22H27N5O2. The molecule has 7 heteroatoms. The molecule has 1 aromatic carbocycles. The van der Waals surface area contributed by atoms with Crippen LogP contribution in [0.2, 0.25) is 0 Å². The number of carbonyl (C=O) groups excluding carboxylic acids is 2. The number of benzene rings is 1. The molecule has 7 nitrogen and oxygen atoms in total. The van der Waals surface area contributed by atoms with Crippen LogP contribution in [0.25, 0.3) is 0 Å². The van der Waals surface area contributed by atoms with Gasteiger partial charge in [0.15, 0.2) is 0 Å². The second kappa shape index (κ2) is 10.3. The van der Waals surface area contributed by atoms with Crippen LogP contribution in [0, 0.1) is 0 Å². The fraction of sp³-hybridized carbons (Fsp3) is 0.318. The first-order valence-electron chi connectivity index (χ1n) is 9.83. The van der Waals surface area contributed by atoms with E-state index in [0.29, 0.717) is 18.7 Å². The van der Waals surface area contributed by atoms with Gasteiger partial charge in [-0.25, -0.2) is 4.79 Å². The highest BCUT2D eigenvalue weighted by Crippen LogP contribution is 2.24. The molecule has 152 valence electrons. The Bertz CT molecular complexity index is 832. The summed E-state index contributed by atoms with van der Waals surface area (Å²) >= 11 is 0. The summed E-state index contributed by atoms with van der Waals surface area (Å²) < 4.78 is 0. The van der Waals surface area contributed by atoms with E-state index in [2.05, 4.69) is 32.4 Å². The molecule has 1 aliphatic rings. The number of piperidine rings is 1. The number of carbonyl (C=O) groups is 2. The molecule has 2 heterocycles. The lowest BCUT2D eigenvalue weighted by Crippen LogP contribution is -2.48. The van der Waals surface area contributed by atoms with Gasteiger partial charge in [0.2, 0.25) is 0 Å². The van der Waals surface area contributed by atoms with Crippen molar-refractivity contribution in [3.05, 3.63) is 72.6 Å². The van der Waals surface area contributed by atoms with Crippen molar-refractivity contribution in [3.63, 3.8) is 0 Å². The van der Waals surface area contributed by atoms with Crippen LogP contribution in [0.4, 0.5) is 10.5 Å². The lowest BCUT2D eigenvalue weighted by molar-refractivity contribution is 0.0951. The minimum Gasteiger partial charge on any atom is -0.371 e. The van der Waals surface area contributed by atoms with Gasteiger partial charge in [-0.05, 0) is 42.7 Å². The number of rotatable bonds is 7. The van der Waals surface area contributed by atoms with E-state index >= 15 is 0 Å². The van der Waals surface area contributed by atoms with E-state index in [1.165, 1.54) is 0 Å². The first-order chi connectivity index (χ1) is 14.2. The molecule has 3 amide bonds. The quantitative estimate of drug-likeness (QED) is 0.631. The van der Waals surface area contributed by atoms with Gasteiger partial charge in [-0.2, -0.15) is 0 Å². The van der Waals surface area contributed by atoms with Crippen molar-refractivity contribution < 1.29 is 9.59 Å². The summed E-state index contributed by atoms with van der Waals surface area (Å²) in [6.45, 7) is 6.06. The second-order valence-electron chi connectivity index (χ2n) is 6.96. The SMILES string of the molecule is C=CCNC(=O)NC1CCN(c2ccccc2C(=O)NCc2ccncc2)CC1. The molecule has 0 radical (unpaired) electrons. The minimum atomic E-state index is -0.167. The van der Waals surface area contributed by atoms with Gasteiger partial charge in [0.1, 0.15) is 0 Å². The molecule has 1 aromatic heterocycles. The predicted octanol–water partition coefficient (Wildman–Crippen LogP) is 2.47. The zero-order chi connectivity index (χ0) is 20.5. The summed E-state index contributed by atoms with van der Waals surface area (Å²) in [5.74, 6) is -0.0959.